The van der Waals surface area contributed by atoms with Crippen molar-refractivity contribution in [2.75, 3.05) is 36.8 Å². The number of anilines is 1. The Hall–Kier alpha value is -2.32. The molecule has 1 aliphatic heterocycles. The van der Waals surface area contributed by atoms with Crippen molar-refractivity contribution >= 4 is 44.9 Å². The van der Waals surface area contributed by atoms with Crippen LogP contribution in [-0.2, 0) is 23.4 Å². The average molecular weight is 455 g/mol. The number of amides is 1. The number of H-pyrrole nitrogens is 1. The SMILES string of the molecule is O=C(CCSCc1nc2sc3c(c2c(=O)[nH]1)CCC3)N1CCN(c2ccccc2)CC1. The van der Waals surface area contributed by atoms with Crippen molar-refractivity contribution < 1.29 is 4.79 Å². The predicted octanol–water partition coefficient (Wildman–Crippen LogP) is 3.45. The number of fused-ring (bicyclic) bond motifs is 3. The highest BCUT2D eigenvalue weighted by molar-refractivity contribution is 7.98. The highest BCUT2D eigenvalue weighted by Crippen LogP contribution is 2.34. The molecule has 1 amide bonds. The molecule has 3 aromatic rings. The standard InChI is InChI=1S/C23H26N4O2S2/c28-20(27-12-10-26(11-13-27)16-5-2-1-3-6-16)9-14-30-15-19-24-22(29)21-17-7-4-8-18(17)31-23(21)25-19/h1-3,5-6H,4,7-15H2,(H,24,25,29). The van der Waals surface area contributed by atoms with E-state index in [9.17, 15) is 9.59 Å². The van der Waals surface area contributed by atoms with Crippen molar-refractivity contribution in [3.05, 3.63) is 57.0 Å². The van der Waals surface area contributed by atoms with Gasteiger partial charge >= 0.3 is 0 Å². The number of hydrogen-bond donors (Lipinski definition) is 1. The lowest BCUT2D eigenvalue weighted by Gasteiger charge is -2.36. The van der Waals surface area contributed by atoms with Crippen LogP contribution in [0.1, 0.15) is 29.1 Å². The second-order valence-corrected chi connectivity index (χ2v) is 10.2. The van der Waals surface area contributed by atoms with Gasteiger partial charge < -0.3 is 14.8 Å². The molecule has 0 spiro atoms. The maximum Gasteiger partial charge on any atom is 0.259 e. The summed E-state index contributed by atoms with van der Waals surface area (Å²) >= 11 is 3.33. The number of aromatic nitrogens is 2. The Kier molecular flexibility index (Phi) is 6.00. The van der Waals surface area contributed by atoms with Gasteiger partial charge in [0.05, 0.1) is 11.1 Å². The highest BCUT2D eigenvalue weighted by atomic mass is 32.2. The molecule has 0 unspecified atom stereocenters. The number of aromatic amines is 1. The molecule has 8 heteroatoms. The fourth-order valence-electron chi connectivity index (χ4n) is 4.45. The van der Waals surface area contributed by atoms with E-state index in [1.54, 1.807) is 23.1 Å². The van der Waals surface area contributed by atoms with Crippen molar-refractivity contribution in [1.29, 1.82) is 0 Å². The molecule has 5 rings (SSSR count). The van der Waals surface area contributed by atoms with Crippen LogP contribution < -0.4 is 10.5 Å². The Balaban J connectivity index is 1.09. The van der Waals surface area contributed by atoms with Gasteiger partial charge in [-0.05, 0) is 37.0 Å². The molecule has 1 aromatic carbocycles. The van der Waals surface area contributed by atoms with Gasteiger partial charge in [-0.1, -0.05) is 18.2 Å². The topological polar surface area (TPSA) is 69.3 Å². The number of nitrogens with one attached hydrogen (secondary N) is 1. The van der Waals surface area contributed by atoms with Gasteiger partial charge in [-0.15, -0.1) is 11.3 Å². The van der Waals surface area contributed by atoms with Crippen molar-refractivity contribution in [3.8, 4) is 0 Å². The Labute approximate surface area is 189 Å². The summed E-state index contributed by atoms with van der Waals surface area (Å²) in [4.78, 5) is 39.3. The zero-order valence-corrected chi connectivity index (χ0v) is 19.1. The lowest BCUT2D eigenvalue weighted by molar-refractivity contribution is -0.131. The summed E-state index contributed by atoms with van der Waals surface area (Å²) in [6.07, 6.45) is 3.73. The van der Waals surface area contributed by atoms with Crippen LogP contribution >= 0.6 is 23.1 Å². The first-order valence-corrected chi connectivity index (χ1v) is 12.8. The van der Waals surface area contributed by atoms with E-state index in [4.69, 9.17) is 0 Å². The fraction of sp³-hybridized carbons (Fsp3) is 0.435. The molecule has 31 heavy (non-hydrogen) atoms. The first-order chi connectivity index (χ1) is 15.2. The zero-order valence-electron chi connectivity index (χ0n) is 17.4. The van der Waals surface area contributed by atoms with Crippen LogP contribution in [0.2, 0.25) is 0 Å². The van der Waals surface area contributed by atoms with Crippen molar-refractivity contribution in [1.82, 2.24) is 14.9 Å². The maximum atomic E-state index is 12.6. The fourth-order valence-corrected chi connectivity index (χ4v) is 6.53. The molecule has 1 saturated heterocycles. The van der Waals surface area contributed by atoms with E-state index in [0.29, 0.717) is 18.0 Å². The summed E-state index contributed by atoms with van der Waals surface area (Å²) < 4.78 is 0. The van der Waals surface area contributed by atoms with Crippen LogP contribution in [0.25, 0.3) is 10.2 Å². The van der Waals surface area contributed by atoms with E-state index in [2.05, 4.69) is 39.1 Å². The Morgan fingerprint density at radius 3 is 2.74 bits per heavy atom. The number of aryl methyl sites for hydroxylation is 2. The van der Waals surface area contributed by atoms with E-state index < -0.39 is 0 Å². The molecule has 1 aliphatic carbocycles. The molecular formula is C23H26N4O2S2. The molecule has 0 bridgehead atoms. The zero-order chi connectivity index (χ0) is 21.2. The van der Waals surface area contributed by atoms with Gasteiger partial charge in [0, 0.05) is 48.9 Å². The number of rotatable bonds is 6. The third-order valence-corrected chi connectivity index (χ3v) is 8.23. The summed E-state index contributed by atoms with van der Waals surface area (Å²) in [6.45, 7) is 3.29. The number of thiophene rings is 1. The number of piperazine rings is 1. The number of nitrogens with zero attached hydrogens (tertiary/aromatic N) is 3. The second-order valence-electron chi connectivity index (χ2n) is 8.06. The van der Waals surface area contributed by atoms with Crippen LogP contribution in [0, 0.1) is 0 Å². The summed E-state index contributed by atoms with van der Waals surface area (Å²) in [6, 6.07) is 10.4. The number of benzene rings is 1. The first kappa shape index (κ1) is 20.6. The molecule has 0 atom stereocenters. The van der Waals surface area contributed by atoms with Gasteiger partial charge in [-0.2, -0.15) is 11.8 Å². The van der Waals surface area contributed by atoms with Crippen molar-refractivity contribution in [2.24, 2.45) is 0 Å². The van der Waals surface area contributed by atoms with E-state index in [0.717, 1.165) is 61.4 Å². The maximum absolute atomic E-state index is 12.6. The molecule has 0 radical (unpaired) electrons. The predicted molar refractivity (Wildman–Crippen MR) is 128 cm³/mol. The van der Waals surface area contributed by atoms with Crippen LogP contribution in [0.15, 0.2) is 35.1 Å². The van der Waals surface area contributed by atoms with Gasteiger partial charge in [0.1, 0.15) is 10.7 Å². The minimum atomic E-state index is -0.00707. The third kappa shape index (κ3) is 4.36. The summed E-state index contributed by atoms with van der Waals surface area (Å²) in [5.41, 5.74) is 2.43. The number of hydrogen-bond acceptors (Lipinski definition) is 6. The lowest BCUT2D eigenvalue weighted by atomic mass is 10.2. The van der Waals surface area contributed by atoms with Gasteiger partial charge in [0.25, 0.3) is 5.56 Å². The van der Waals surface area contributed by atoms with E-state index >= 15 is 0 Å². The first-order valence-electron chi connectivity index (χ1n) is 10.9. The number of thioether (sulfide) groups is 1. The van der Waals surface area contributed by atoms with Crippen LogP contribution in [0.3, 0.4) is 0 Å². The van der Waals surface area contributed by atoms with E-state index in [-0.39, 0.29) is 11.5 Å². The molecule has 3 heterocycles. The Morgan fingerprint density at radius 1 is 1.13 bits per heavy atom. The van der Waals surface area contributed by atoms with Crippen molar-refractivity contribution in [3.63, 3.8) is 0 Å². The third-order valence-electron chi connectivity index (χ3n) is 6.08. The molecule has 2 aliphatic rings. The summed E-state index contributed by atoms with van der Waals surface area (Å²) in [5, 5.41) is 0.802. The average Bonchev–Trinajstić information content (AvgIpc) is 3.38. The normalized spacial score (nSPS) is 16.1. The molecule has 6 nitrogen and oxygen atoms in total. The molecule has 1 N–H and O–H groups in total. The summed E-state index contributed by atoms with van der Waals surface area (Å²) in [7, 11) is 0. The molecule has 1 fully saturated rings. The van der Waals surface area contributed by atoms with E-state index in [1.165, 1.54) is 16.1 Å². The molecule has 2 aromatic heterocycles. The molecule has 162 valence electrons. The highest BCUT2D eigenvalue weighted by Gasteiger charge is 2.22. The van der Waals surface area contributed by atoms with Crippen molar-refractivity contribution in [2.45, 2.75) is 31.4 Å². The number of carbonyl (C=O) groups excluding carboxylic acids is 1. The van der Waals surface area contributed by atoms with E-state index in [1.807, 2.05) is 11.0 Å². The minimum Gasteiger partial charge on any atom is -0.368 e. The summed E-state index contributed by atoms with van der Waals surface area (Å²) in [5.74, 6) is 2.29. The lowest BCUT2D eigenvalue weighted by Crippen LogP contribution is -2.48. The van der Waals surface area contributed by atoms with Crippen LogP contribution in [-0.4, -0.2) is 52.7 Å². The van der Waals surface area contributed by atoms with Crippen LogP contribution in [0.4, 0.5) is 5.69 Å². The van der Waals surface area contributed by atoms with Gasteiger partial charge in [-0.25, -0.2) is 4.98 Å². The van der Waals surface area contributed by atoms with Gasteiger partial charge in [0.2, 0.25) is 5.91 Å². The Morgan fingerprint density at radius 2 is 1.94 bits per heavy atom. The number of para-hydroxylation sites is 1. The van der Waals surface area contributed by atoms with Gasteiger partial charge in [-0.3, -0.25) is 9.59 Å². The largest absolute Gasteiger partial charge is 0.368 e. The van der Waals surface area contributed by atoms with Gasteiger partial charge in [0.15, 0.2) is 0 Å². The monoisotopic (exact) mass is 454 g/mol. The Bertz CT molecular complexity index is 1130. The molecule has 0 saturated carbocycles. The quantitative estimate of drug-likeness (QED) is 0.578. The smallest absolute Gasteiger partial charge is 0.259 e. The number of carbonyl (C=O) groups is 1. The second kappa shape index (κ2) is 9.04. The molecular weight excluding hydrogens is 428 g/mol. The minimum absolute atomic E-state index is 0.00707. The van der Waals surface area contributed by atoms with Crippen LogP contribution in [0.5, 0.6) is 0 Å².